The summed E-state index contributed by atoms with van der Waals surface area (Å²) in [6, 6.07) is 2.84. The number of nitrogens with one attached hydrogen (secondary N) is 1. The Balaban J connectivity index is 2.35. The molecule has 1 aromatic heterocycles. The minimum atomic E-state index is -0.250. The highest BCUT2D eigenvalue weighted by Crippen LogP contribution is 1.96. The fourth-order valence-corrected chi connectivity index (χ4v) is 1.53. The highest BCUT2D eigenvalue weighted by atomic mass is 16.3. The smallest absolute Gasteiger partial charge is 0.251 e. The van der Waals surface area contributed by atoms with E-state index in [2.05, 4.69) is 5.32 Å². The fourth-order valence-electron chi connectivity index (χ4n) is 1.53. The summed E-state index contributed by atoms with van der Waals surface area (Å²) >= 11 is 0. The molecule has 6 heteroatoms. The Bertz CT molecular complexity index is 442. The molecule has 100 valence electrons. The molecular weight excluding hydrogens is 234 g/mol. The maximum atomic E-state index is 11.5. The first kappa shape index (κ1) is 14.2. The third-order valence-electron chi connectivity index (χ3n) is 2.48. The number of pyridine rings is 1. The second kappa shape index (κ2) is 7.50. The average molecular weight is 253 g/mol. The summed E-state index contributed by atoms with van der Waals surface area (Å²) in [6.45, 7) is 0.701. The van der Waals surface area contributed by atoms with Crippen LogP contribution >= 0.6 is 0 Å². The normalized spacial score (nSPS) is 10.3. The van der Waals surface area contributed by atoms with Crippen molar-refractivity contribution in [1.82, 2.24) is 9.88 Å². The summed E-state index contributed by atoms with van der Waals surface area (Å²) in [5.41, 5.74) is 5.74. The number of nitrogens with zero attached hydrogens (tertiary/aromatic N) is 1. The van der Waals surface area contributed by atoms with Crippen molar-refractivity contribution in [2.24, 2.45) is 0 Å². The van der Waals surface area contributed by atoms with E-state index in [1.165, 1.54) is 22.9 Å². The summed E-state index contributed by atoms with van der Waals surface area (Å²) in [6.07, 6.45) is 3.88. The Morgan fingerprint density at radius 1 is 1.33 bits per heavy atom. The number of aliphatic hydroxyl groups is 1. The zero-order valence-electron chi connectivity index (χ0n) is 10.3. The molecule has 0 spiro atoms. The van der Waals surface area contributed by atoms with Gasteiger partial charge in [-0.05, 0) is 25.3 Å². The van der Waals surface area contributed by atoms with Gasteiger partial charge in [-0.25, -0.2) is 0 Å². The summed E-state index contributed by atoms with van der Waals surface area (Å²) in [7, 11) is 0. The molecule has 0 atom stereocenters. The van der Waals surface area contributed by atoms with Crippen molar-refractivity contribution in [3.63, 3.8) is 0 Å². The van der Waals surface area contributed by atoms with Gasteiger partial charge in [0.05, 0.1) is 0 Å². The van der Waals surface area contributed by atoms with Crippen LogP contribution in [0.15, 0.2) is 23.1 Å². The summed E-state index contributed by atoms with van der Waals surface area (Å²) in [5.74, 6) is -0.216. The molecule has 0 fully saturated rings. The average Bonchev–Trinajstić information content (AvgIpc) is 2.33. The molecule has 0 bridgehead atoms. The van der Waals surface area contributed by atoms with Gasteiger partial charge in [0, 0.05) is 31.1 Å². The van der Waals surface area contributed by atoms with Gasteiger partial charge >= 0.3 is 0 Å². The van der Waals surface area contributed by atoms with Gasteiger partial charge in [-0.3, -0.25) is 9.59 Å². The van der Waals surface area contributed by atoms with Gasteiger partial charge in [-0.15, -0.1) is 0 Å². The number of hydrogen-bond donors (Lipinski definition) is 3. The largest absolute Gasteiger partial charge is 0.398 e. The number of aromatic nitrogens is 1. The Hall–Kier alpha value is -1.82. The van der Waals surface area contributed by atoms with Crippen molar-refractivity contribution in [2.75, 3.05) is 18.9 Å². The van der Waals surface area contributed by atoms with Crippen molar-refractivity contribution in [3.8, 4) is 0 Å². The Morgan fingerprint density at radius 2 is 2.11 bits per heavy atom. The molecule has 1 aromatic rings. The Labute approximate surface area is 105 Å². The van der Waals surface area contributed by atoms with Gasteiger partial charge < -0.3 is 20.7 Å². The Kier molecular flexibility index (Phi) is 5.93. The molecule has 0 aliphatic carbocycles. The fraction of sp³-hybridized carbons (Fsp3) is 0.500. The van der Waals surface area contributed by atoms with Crippen molar-refractivity contribution in [3.05, 3.63) is 28.7 Å². The number of aliphatic hydroxyl groups excluding tert-OH is 1. The van der Waals surface area contributed by atoms with Crippen molar-refractivity contribution in [2.45, 2.75) is 25.8 Å². The summed E-state index contributed by atoms with van der Waals surface area (Å²) in [4.78, 5) is 23.0. The lowest BCUT2D eigenvalue weighted by Crippen LogP contribution is -2.32. The molecule has 4 N–H and O–H groups in total. The number of nitrogen functional groups attached to an aromatic ring is 1. The number of carbonyl (C=O) groups is 1. The topological polar surface area (TPSA) is 97.4 Å². The van der Waals surface area contributed by atoms with Crippen LogP contribution in [0.3, 0.4) is 0 Å². The number of nitrogens with two attached hydrogens (primary N) is 1. The first-order valence-electron chi connectivity index (χ1n) is 5.97. The standard InChI is InChI=1S/C12H19N3O3/c13-10-4-5-12(18)15(8-10)9-11(17)14-6-2-1-3-7-16/h4-5,8,16H,1-3,6-7,9,13H2,(H,14,17). The summed E-state index contributed by atoms with van der Waals surface area (Å²) in [5, 5.41) is 11.3. The number of rotatable bonds is 7. The van der Waals surface area contributed by atoms with E-state index < -0.39 is 0 Å². The lowest BCUT2D eigenvalue weighted by Gasteiger charge is -2.07. The van der Waals surface area contributed by atoms with Crippen LogP contribution in [0, 0.1) is 0 Å². The molecule has 0 radical (unpaired) electrons. The highest BCUT2D eigenvalue weighted by molar-refractivity contribution is 5.75. The van der Waals surface area contributed by atoms with E-state index in [0.717, 1.165) is 19.3 Å². The van der Waals surface area contributed by atoms with E-state index in [1.54, 1.807) is 0 Å². The predicted molar refractivity (Wildman–Crippen MR) is 69.1 cm³/mol. The third kappa shape index (κ3) is 5.01. The van der Waals surface area contributed by atoms with Crippen molar-refractivity contribution >= 4 is 11.6 Å². The molecule has 0 aliphatic heterocycles. The number of carbonyl (C=O) groups excluding carboxylic acids is 1. The van der Waals surface area contributed by atoms with Crippen molar-refractivity contribution in [1.29, 1.82) is 0 Å². The molecule has 0 saturated heterocycles. The molecule has 1 heterocycles. The first-order chi connectivity index (χ1) is 8.63. The predicted octanol–water partition coefficient (Wildman–Crippen LogP) is -0.291. The Morgan fingerprint density at radius 3 is 2.83 bits per heavy atom. The zero-order chi connectivity index (χ0) is 13.4. The van der Waals surface area contributed by atoms with Crippen LogP contribution in [0.4, 0.5) is 5.69 Å². The number of amides is 1. The number of unbranched alkanes of at least 4 members (excludes halogenated alkanes) is 2. The van der Waals surface area contributed by atoms with E-state index in [1.807, 2.05) is 0 Å². The first-order valence-corrected chi connectivity index (χ1v) is 5.97. The zero-order valence-corrected chi connectivity index (χ0v) is 10.3. The molecule has 0 aromatic carbocycles. The van der Waals surface area contributed by atoms with E-state index in [-0.39, 0.29) is 24.6 Å². The lowest BCUT2D eigenvalue weighted by molar-refractivity contribution is -0.121. The molecule has 1 rings (SSSR count). The second-order valence-electron chi connectivity index (χ2n) is 4.06. The maximum Gasteiger partial charge on any atom is 0.251 e. The van der Waals surface area contributed by atoms with E-state index in [0.29, 0.717) is 12.2 Å². The molecule has 0 unspecified atom stereocenters. The van der Waals surface area contributed by atoms with Crippen LogP contribution in [0.5, 0.6) is 0 Å². The molecule has 0 saturated carbocycles. The highest BCUT2D eigenvalue weighted by Gasteiger charge is 2.03. The van der Waals surface area contributed by atoms with Gasteiger partial charge in [-0.2, -0.15) is 0 Å². The van der Waals surface area contributed by atoms with Crippen LogP contribution in [-0.2, 0) is 11.3 Å². The monoisotopic (exact) mass is 253 g/mol. The van der Waals surface area contributed by atoms with Crippen LogP contribution in [-0.4, -0.2) is 28.7 Å². The molecule has 1 amide bonds. The van der Waals surface area contributed by atoms with Gasteiger partial charge in [0.1, 0.15) is 6.54 Å². The quantitative estimate of drug-likeness (QED) is 0.582. The van der Waals surface area contributed by atoms with Crippen LogP contribution in [0.2, 0.25) is 0 Å². The molecule has 0 aliphatic rings. The minimum Gasteiger partial charge on any atom is -0.398 e. The minimum absolute atomic E-state index is 0.0239. The summed E-state index contributed by atoms with van der Waals surface area (Å²) < 4.78 is 1.28. The third-order valence-corrected chi connectivity index (χ3v) is 2.48. The van der Waals surface area contributed by atoms with Crippen LogP contribution in [0.25, 0.3) is 0 Å². The van der Waals surface area contributed by atoms with Crippen LogP contribution < -0.4 is 16.6 Å². The maximum absolute atomic E-state index is 11.5. The molecule has 18 heavy (non-hydrogen) atoms. The van der Waals surface area contributed by atoms with Gasteiger partial charge in [0.15, 0.2) is 0 Å². The van der Waals surface area contributed by atoms with Gasteiger partial charge in [0.2, 0.25) is 5.91 Å². The van der Waals surface area contributed by atoms with Crippen molar-refractivity contribution < 1.29 is 9.90 Å². The van der Waals surface area contributed by atoms with Crippen LogP contribution in [0.1, 0.15) is 19.3 Å². The second-order valence-corrected chi connectivity index (χ2v) is 4.06. The van der Waals surface area contributed by atoms with E-state index in [9.17, 15) is 9.59 Å². The SMILES string of the molecule is Nc1ccc(=O)n(CC(=O)NCCCCCO)c1. The number of hydrogen-bond acceptors (Lipinski definition) is 4. The van der Waals surface area contributed by atoms with Gasteiger partial charge in [0.25, 0.3) is 5.56 Å². The van der Waals surface area contributed by atoms with Gasteiger partial charge in [-0.1, -0.05) is 0 Å². The van der Waals surface area contributed by atoms with E-state index >= 15 is 0 Å². The molecule has 6 nitrogen and oxygen atoms in total. The molecular formula is C12H19N3O3. The number of anilines is 1. The lowest BCUT2D eigenvalue weighted by atomic mass is 10.2. The van der Waals surface area contributed by atoms with E-state index in [4.69, 9.17) is 10.8 Å².